The monoisotopic (exact) mass is 358 g/mol. The highest BCUT2D eigenvalue weighted by Crippen LogP contribution is 2.22. The highest BCUT2D eigenvalue weighted by Gasteiger charge is 2.12. The van der Waals surface area contributed by atoms with Gasteiger partial charge in [0.1, 0.15) is 5.75 Å². The van der Waals surface area contributed by atoms with E-state index in [1.807, 2.05) is 28.8 Å². The van der Waals surface area contributed by atoms with E-state index in [-0.39, 0.29) is 5.91 Å². The van der Waals surface area contributed by atoms with Gasteiger partial charge in [-0.1, -0.05) is 41.1 Å². The minimum atomic E-state index is -0.345. The first-order valence-corrected chi connectivity index (χ1v) is 8.45. The number of nitrogens with zero attached hydrogens (tertiary/aromatic N) is 2. The molecule has 0 fully saturated rings. The zero-order valence-electron chi connectivity index (χ0n) is 13.0. The molecule has 0 aliphatic carbocycles. The summed E-state index contributed by atoms with van der Waals surface area (Å²) in [7, 11) is 1.53. The third-order valence-electron chi connectivity index (χ3n) is 3.49. The molecule has 122 valence electrons. The van der Waals surface area contributed by atoms with E-state index in [4.69, 9.17) is 16.3 Å². The van der Waals surface area contributed by atoms with Crippen molar-refractivity contribution < 1.29 is 9.53 Å². The van der Waals surface area contributed by atoms with Crippen LogP contribution in [0.5, 0.6) is 5.75 Å². The van der Waals surface area contributed by atoms with Crippen molar-refractivity contribution in [2.45, 2.75) is 6.54 Å². The third-order valence-corrected chi connectivity index (χ3v) is 4.77. The second-order valence-corrected chi connectivity index (χ2v) is 6.46. The van der Waals surface area contributed by atoms with Crippen molar-refractivity contribution in [1.82, 2.24) is 4.57 Å². The molecule has 4 nitrogen and oxygen atoms in total. The molecule has 3 rings (SSSR count). The van der Waals surface area contributed by atoms with Gasteiger partial charge in [-0.15, -0.1) is 6.58 Å². The van der Waals surface area contributed by atoms with Crippen LogP contribution in [0.4, 0.5) is 0 Å². The first-order chi connectivity index (χ1) is 11.6. The smallest absolute Gasteiger partial charge is 0.283 e. The number of benzene rings is 2. The summed E-state index contributed by atoms with van der Waals surface area (Å²) in [5.74, 6) is 0.161. The summed E-state index contributed by atoms with van der Waals surface area (Å²) in [5.41, 5.74) is 1.40. The van der Waals surface area contributed by atoms with Crippen LogP contribution < -0.4 is 9.54 Å². The molecular formula is C18H15ClN2O2S. The minimum Gasteiger partial charge on any atom is -0.496 e. The van der Waals surface area contributed by atoms with E-state index in [2.05, 4.69) is 11.6 Å². The van der Waals surface area contributed by atoms with Gasteiger partial charge in [-0.2, -0.15) is 4.99 Å². The Morgan fingerprint density at radius 1 is 1.38 bits per heavy atom. The van der Waals surface area contributed by atoms with Crippen LogP contribution in [0, 0.1) is 0 Å². The van der Waals surface area contributed by atoms with E-state index < -0.39 is 0 Å². The van der Waals surface area contributed by atoms with Gasteiger partial charge in [0.2, 0.25) is 0 Å². The number of carbonyl (C=O) groups is 1. The van der Waals surface area contributed by atoms with Crippen LogP contribution in [0.1, 0.15) is 10.4 Å². The standard InChI is InChI=1S/C18H15ClN2O2S/c1-3-10-21-14-9-8-12(19)11-16(14)24-18(21)20-17(22)13-6-4-5-7-15(13)23-2/h3-9,11H,1,10H2,2H3. The van der Waals surface area contributed by atoms with Crippen LogP contribution in [0.2, 0.25) is 5.02 Å². The Kier molecular flexibility index (Phi) is 4.83. The SMILES string of the molecule is C=CCn1c(=NC(=O)c2ccccc2OC)sc2cc(Cl)ccc21. The van der Waals surface area contributed by atoms with Crippen LogP contribution in [-0.2, 0) is 6.54 Å². The maximum absolute atomic E-state index is 12.6. The van der Waals surface area contributed by atoms with E-state index in [0.29, 0.717) is 27.7 Å². The Balaban J connectivity index is 2.17. The number of carbonyl (C=O) groups excluding carboxylic acids is 1. The van der Waals surface area contributed by atoms with Gasteiger partial charge in [0.05, 0.1) is 22.9 Å². The molecule has 0 radical (unpaired) electrons. The lowest BCUT2D eigenvalue weighted by atomic mass is 10.2. The normalized spacial score (nSPS) is 11.7. The first-order valence-electron chi connectivity index (χ1n) is 7.26. The van der Waals surface area contributed by atoms with E-state index in [0.717, 1.165) is 10.2 Å². The van der Waals surface area contributed by atoms with Gasteiger partial charge in [0, 0.05) is 11.6 Å². The minimum absolute atomic E-state index is 0.345. The van der Waals surface area contributed by atoms with Gasteiger partial charge in [0.15, 0.2) is 4.80 Å². The fourth-order valence-corrected chi connectivity index (χ4v) is 3.72. The molecule has 0 bridgehead atoms. The molecule has 0 N–H and O–H groups in total. The second kappa shape index (κ2) is 7.03. The molecule has 0 saturated heterocycles. The Morgan fingerprint density at radius 3 is 2.92 bits per heavy atom. The molecule has 1 heterocycles. The number of allylic oxidation sites excluding steroid dienone is 1. The van der Waals surface area contributed by atoms with Crippen molar-refractivity contribution in [3.63, 3.8) is 0 Å². The molecule has 0 spiro atoms. The van der Waals surface area contributed by atoms with Crippen LogP contribution in [-0.4, -0.2) is 17.6 Å². The molecule has 24 heavy (non-hydrogen) atoms. The maximum Gasteiger partial charge on any atom is 0.283 e. The molecule has 3 aromatic rings. The lowest BCUT2D eigenvalue weighted by Gasteiger charge is -2.04. The lowest BCUT2D eigenvalue weighted by Crippen LogP contribution is -2.16. The van der Waals surface area contributed by atoms with E-state index in [9.17, 15) is 4.79 Å². The van der Waals surface area contributed by atoms with E-state index in [1.165, 1.54) is 18.4 Å². The number of hydrogen-bond donors (Lipinski definition) is 0. The van der Waals surface area contributed by atoms with Gasteiger partial charge in [0.25, 0.3) is 5.91 Å². The van der Waals surface area contributed by atoms with Gasteiger partial charge >= 0.3 is 0 Å². The number of methoxy groups -OCH3 is 1. The van der Waals surface area contributed by atoms with Crippen molar-refractivity contribution >= 4 is 39.1 Å². The van der Waals surface area contributed by atoms with Gasteiger partial charge in [-0.05, 0) is 30.3 Å². The average molecular weight is 359 g/mol. The lowest BCUT2D eigenvalue weighted by molar-refractivity contribution is 0.0995. The Hall–Kier alpha value is -2.37. The van der Waals surface area contributed by atoms with Crippen molar-refractivity contribution in [1.29, 1.82) is 0 Å². The predicted molar refractivity (Wildman–Crippen MR) is 97.9 cm³/mol. The summed E-state index contributed by atoms with van der Waals surface area (Å²) in [4.78, 5) is 17.5. The zero-order chi connectivity index (χ0) is 17.1. The highest BCUT2D eigenvalue weighted by molar-refractivity contribution is 7.16. The molecule has 0 aliphatic rings. The summed E-state index contributed by atoms with van der Waals surface area (Å²) < 4.78 is 8.15. The van der Waals surface area contributed by atoms with Crippen molar-refractivity contribution in [3.8, 4) is 5.75 Å². The molecule has 6 heteroatoms. The zero-order valence-corrected chi connectivity index (χ0v) is 14.6. The fraction of sp³-hybridized carbons (Fsp3) is 0.111. The maximum atomic E-state index is 12.6. The Labute approximate surface area is 148 Å². The topological polar surface area (TPSA) is 43.6 Å². The Bertz CT molecular complexity index is 988. The summed E-state index contributed by atoms with van der Waals surface area (Å²) in [6.45, 7) is 4.33. The van der Waals surface area contributed by atoms with Gasteiger partial charge in [-0.3, -0.25) is 4.79 Å². The van der Waals surface area contributed by atoms with E-state index >= 15 is 0 Å². The summed E-state index contributed by atoms with van der Waals surface area (Å²) in [5, 5.41) is 0.650. The number of ether oxygens (including phenoxy) is 1. The van der Waals surface area contributed by atoms with Crippen molar-refractivity contribution in [2.24, 2.45) is 4.99 Å². The molecule has 0 aliphatic heterocycles. The number of para-hydroxylation sites is 1. The number of rotatable bonds is 4. The largest absolute Gasteiger partial charge is 0.496 e. The predicted octanol–water partition coefficient (Wildman–Crippen LogP) is 4.29. The van der Waals surface area contributed by atoms with Crippen molar-refractivity contribution in [3.05, 3.63) is 70.5 Å². The highest BCUT2D eigenvalue weighted by atomic mass is 35.5. The molecule has 2 aromatic carbocycles. The number of thiazole rings is 1. The molecule has 0 atom stereocenters. The molecular weight excluding hydrogens is 344 g/mol. The van der Waals surface area contributed by atoms with Gasteiger partial charge < -0.3 is 9.30 Å². The first kappa shape index (κ1) is 16.5. The van der Waals surface area contributed by atoms with Crippen LogP contribution in [0.15, 0.2) is 60.1 Å². The number of aromatic nitrogens is 1. The van der Waals surface area contributed by atoms with Crippen molar-refractivity contribution in [2.75, 3.05) is 7.11 Å². The van der Waals surface area contributed by atoms with Crippen LogP contribution in [0.25, 0.3) is 10.2 Å². The average Bonchev–Trinajstić information content (AvgIpc) is 2.91. The Morgan fingerprint density at radius 2 is 2.17 bits per heavy atom. The number of hydrogen-bond acceptors (Lipinski definition) is 3. The summed E-state index contributed by atoms with van der Waals surface area (Å²) >= 11 is 7.48. The number of fused-ring (bicyclic) bond motifs is 1. The molecule has 0 saturated carbocycles. The van der Waals surface area contributed by atoms with E-state index in [1.54, 1.807) is 24.3 Å². The number of halogens is 1. The van der Waals surface area contributed by atoms with Crippen LogP contribution >= 0.6 is 22.9 Å². The number of amides is 1. The molecule has 1 amide bonds. The second-order valence-electron chi connectivity index (χ2n) is 5.01. The fourth-order valence-electron chi connectivity index (χ4n) is 2.41. The molecule has 1 aromatic heterocycles. The third kappa shape index (κ3) is 3.13. The van der Waals surface area contributed by atoms with Crippen LogP contribution in [0.3, 0.4) is 0 Å². The summed E-state index contributed by atoms with van der Waals surface area (Å²) in [6, 6.07) is 12.7. The molecule has 0 unspecified atom stereocenters. The van der Waals surface area contributed by atoms with Gasteiger partial charge in [-0.25, -0.2) is 0 Å². The summed E-state index contributed by atoms with van der Waals surface area (Å²) in [6.07, 6.45) is 1.77. The quantitative estimate of drug-likeness (QED) is 0.653.